The van der Waals surface area contributed by atoms with Crippen molar-refractivity contribution in [2.75, 3.05) is 25.6 Å². The highest BCUT2D eigenvalue weighted by Crippen LogP contribution is 2.21. The molecule has 27 heavy (non-hydrogen) atoms. The van der Waals surface area contributed by atoms with Crippen molar-refractivity contribution in [2.24, 2.45) is 0 Å². The molecule has 146 valence electrons. The first-order valence-corrected chi connectivity index (χ1v) is 10.9. The molecule has 0 aliphatic carbocycles. The summed E-state index contributed by atoms with van der Waals surface area (Å²) in [5.74, 6) is 0.282. The van der Waals surface area contributed by atoms with Crippen molar-refractivity contribution in [3.63, 3.8) is 0 Å². The van der Waals surface area contributed by atoms with E-state index in [0.717, 1.165) is 11.1 Å². The number of halogens is 1. The number of hydrogen-bond donors (Lipinski definition) is 0. The highest BCUT2D eigenvalue weighted by atomic mass is 35.5. The van der Waals surface area contributed by atoms with Crippen LogP contribution in [0, 0.1) is 6.92 Å². The molecule has 3 rings (SSSR count). The van der Waals surface area contributed by atoms with Gasteiger partial charge >= 0.3 is 0 Å². The van der Waals surface area contributed by atoms with Gasteiger partial charge in [0.15, 0.2) is 0 Å². The fraction of sp³-hybridized carbons (Fsp3) is 0.400. The maximum absolute atomic E-state index is 12.5. The molecule has 2 aromatic carbocycles. The second-order valence-corrected chi connectivity index (χ2v) is 8.56. The lowest BCUT2D eigenvalue weighted by atomic mass is 10.1. The van der Waals surface area contributed by atoms with Crippen molar-refractivity contribution in [2.45, 2.75) is 30.5 Å². The first kappa shape index (κ1) is 20.3. The second kappa shape index (κ2) is 9.17. The molecule has 1 aliphatic heterocycles. The van der Waals surface area contributed by atoms with Crippen LogP contribution in [0.5, 0.6) is 0 Å². The number of rotatable bonds is 7. The highest BCUT2D eigenvalue weighted by Gasteiger charge is 2.33. The standard InChI is InChI=1S/C20H24ClNO4S/c1-16-7-9-18(10-8-16)27(23,24)26-15-19-20(13-21)25-12-11-22(19)14-17-5-3-2-4-6-17/h2-10,19-20H,11-15H2,1H3/t19-,20-/m0/s1. The third kappa shape index (κ3) is 5.30. The van der Waals surface area contributed by atoms with Crippen LogP contribution in [0.3, 0.4) is 0 Å². The Morgan fingerprint density at radius 1 is 1.15 bits per heavy atom. The van der Waals surface area contributed by atoms with Gasteiger partial charge in [-0.05, 0) is 24.6 Å². The molecule has 7 heteroatoms. The Morgan fingerprint density at radius 2 is 1.85 bits per heavy atom. The summed E-state index contributed by atoms with van der Waals surface area (Å²) in [7, 11) is -3.83. The molecule has 0 N–H and O–H groups in total. The molecule has 2 atom stereocenters. The molecule has 0 unspecified atom stereocenters. The molecular weight excluding hydrogens is 386 g/mol. The minimum absolute atomic E-state index is 0.000427. The van der Waals surface area contributed by atoms with Crippen molar-refractivity contribution in [3.8, 4) is 0 Å². The molecule has 1 heterocycles. The van der Waals surface area contributed by atoms with Crippen molar-refractivity contribution in [1.29, 1.82) is 0 Å². The van der Waals surface area contributed by atoms with Gasteiger partial charge in [-0.1, -0.05) is 48.0 Å². The Labute approximate surface area is 166 Å². The van der Waals surface area contributed by atoms with E-state index in [1.54, 1.807) is 24.3 Å². The van der Waals surface area contributed by atoms with E-state index in [1.165, 1.54) is 0 Å². The van der Waals surface area contributed by atoms with Crippen LogP contribution in [0.2, 0.25) is 0 Å². The van der Waals surface area contributed by atoms with Crippen LogP contribution in [-0.2, 0) is 25.6 Å². The van der Waals surface area contributed by atoms with E-state index in [9.17, 15) is 8.42 Å². The normalized spacial score (nSPS) is 21.3. The Kier molecular flexibility index (Phi) is 6.89. The molecule has 0 saturated carbocycles. The molecule has 1 saturated heterocycles. The molecule has 2 aromatic rings. The maximum Gasteiger partial charge on any atom is 0.297 e. The fourth-order valence-corrected chi connectivity index (χ4v) is 4.36. The summed E-state index contributed by atoms with van der Waals surface area (Å²) in [6.07, 6.45) is -0.280. The van der Waals surface area contributed by atoms with Gasteiger partial charge in [-0.25, -0.2) is 0 Å². The number of morpholine rings is 1. The van der Waals surface area contributed by atoms with Gasteiger partial charge in [0.25, 0.3) is 10.1 Å². The van der Waals surface area contributed by atoms with Gasteiger partial charge in [-0.3, -0.25) is 9.08 Å². The molecule has 1 aliphatic rings. The van der Waals surface area contributed by atoms with Crippen molar-refractivity contribution >= 4 is 21.7 Å². The van der Waals surface area contributed by atoms with Crippen LogP contribution in [0.25, 0.3) is 0 Å². The lowest BCUT2D eigenvalue weighted by Crippen LogP contribution is -2.54. The predicted octanol–water partition coefficient (Wildman–Crippen LogP) is 3.21. The smallest absolute Gasteiger partial charge is 0.297 e. The Balaban J connectivity index is 1.72. The molecule has 0 bridgehead atoms. The fourth-order valence-electron chi connectivity index (χ4n) is 3.14. The molecular formula is C20H24ClNO4S. The van der Waals surface area contributed by atoms with Crippen LogP contribution in [0.15, 0.2) is 59.5 Å². The molecule has 1 fully saturated rings. The van der Waals surface area contributed by atoms with E-state index in [0.29, 0.717) is 19.7 Å². The van der Waals surface area contributed by atoms with Crippen LogP contribution in [-0.4, -0.2) is 51.1 Å². The second-order valence-electron chi connectivity index (χ2n) is 6.64. The number of ether oxygens (including phenoxy) is 1. The van der Waals surface area contributed by atoms with Gasteiger partial charge in [0.1, 0.15) is 0 Å². The summed E-state index contributed by atoms with van der Waals surface area (Å²) >= 11 is 6.07. The van der Waals surface area contributed by atoms with Crippen LogP contribution < -0.4 is 0 Å². The average molecular weight is 410 g/mol. The van der Waals surface area contributed by atoms with Crippen LogP contribution >= 0.6 is 11.6 Å². The molecule has 0 spiro atoms. The van der Waals surface area contributed by atoms with Gasteiger partial charge in [-0.2, -0.15) is 8.42 Å². The highest BCUT2D eigenvalue weighted by molar-refractivity contribution is 7.86. The molecule has 0 radical (unpaired) electrons. The summed E-state index contributed by atoms with van der Waals surface area (Å²) in [6, 6.07) is 16.4. The Morgan fingerprint density at radius 3 is 2.52 bits per heavy atom. The molecule has 0 aromatic heterocycles. The number of benzene rings is 2. The van der Waals surface area contributed by atoms with Gasteiger partial charge in [0, 0.05) is 13.1 Å². The summed E-state index contributed by atoms with van der Waals surface area (Å²) in [6.45, 7) is 3.85. The Bertz CT molecular complexity index is 827. The number of hydrogen-bond acceptors (Lipinski definition) is 5. The van der Waals surface area contributed by atoms with Crippen molar-refractivity contribution < 1.29 is 17.3 Å². The number of aryl methyl sites for hydroxylation is 1. The summed E-state index contributed by atoms with van der Waals surface area (Å²) in [5.41, 5.74) is 2.14. The van der Waals surface area contributed by atoms with Crippen LogP contribution in [0.1, 0.15) is 11.1 Å². The van der Waals surface area contributed by atoms with Gasteiger partial charge in [0.2, 0.25) is 0 Å². The van der Waals surface area contributed by atoms with Gasteiger partial charge < -0.3 is 4.74 Å². The maximum atomic E-state index is 12.5. The van der Waals surface area contributed by atoms with E-state index < -0.39 is 10.1 Å². The molecule has 5 nitrogen and oxygen atoms in total. The third-order valence-corrected chi connectivity index (χ3v) is 6.29. The first-order valence-electron chi connectivity index (χ1n) is 8.91. The zero-order chi connectivity index (χ0) is 19.3. The zero-order valence-corrected chi connectivity index (χ0v) is 16.8. The quantitative estimate of drug-likeness (QED) is 0.519. The predicted molar refractivity (Wildman–Crippen MR) is 105 cm³/mol. The van der Waals surface area contributed by atoms with Crippen molar-refractivity contribution in [1.82, 2.24) is 4.90 Å². The summed E-state index contributed by atoms with van der Waals surface area (Å²) in [4.78, 5) is 2.33. The van der Waals surface area contributed by atoms with Crippen molar-refractivity contribution in [3.05, 3.63) is 65.7 Å². The largest absolute Gasteiger partial charge is 0.374 e. The van der Waals surface area contributed by atoms with E-state index in [1.807, 2.05) is 37.3 Å². The minimum atomic E-state index is -3.83. The van der Waals surface area contributed by atoms with E-state index in [-0.39, 0.29) is 29.5 Å². The number of nitrogens with zero attached hydrogens (tertiary/aromatic N) is 1. The first-order chi connectivity index (χ1) is 13.0. The van der Waals surface area contributed by atoms with E-state index >= 15 is 0 Å². The van der Waals surface area contributed by atoms with E-state index in [4.69, 9.17) is 20.5 Å². The van der Waals surface area contributed by atoms with Gasteiger partial charge in [-0.15, -0.1) is 11.6 Å². The minimum Gasteiger partial charge on any atom is -0.374 e. The lowest BCUT2D eigenvalue weighted by Gasteiger charge is -2.40. The average Bonchev–Trinajstić information content (AvgIpc) is 2.68. The summed E-state index contributed by atoms with van der Waals surface area (Å²) in [5, 5.41) is 0. The van der Waals surface area contributed by atoms with E-state index in [2.05, 4.69) is 4.90 Å². The lowest BCUT2D eigenvalue weighted by molar-refractivity contribution is -0.0750. The van der Waals surface area contributed by atoms with Crippen LogP contribution in [0.4, 0.5) is 0 Å². The molecule has 0 amide bonds. The SMILES string of the molecule is Cc1ccc(S(=O)(=O)OC[C@H]2[C@H](CCl)OCCN2Cc2ccccc2)cc1. The Hall–Kier alpha value is -1.44. The third-order valence-electron chi connectivity index (χ3n) is 4.69. The monoisotopic (exact) mass is 409 g/mol. The zero-order valence-electron chi connectivity index (χ0n) is 15.3. The number of alkyl halides is 1. The summed E-state index contributed by atoms with van der Waals surface area (Å²) < 4.78 is 36.2. The topological polar surface area (TPSA) is 55.8 Å². The van der Waals surface area contributed by atoms with Gasteiger partial charge in [0.05, 0.1) is 36.1 Å².